The Morgan fingerprint density at radius 1 is 1.04 bits per heavy atom. The Balaban J connectivity index is 2.09. The number of benzene rings is 2. The Kier molecular flexibility index (Phi) is 4.69. The van der Waals surface area contributed by atoms with Gasteiger partial charge in [-0.05, 0) is 54.2 Å². The van der Waals surface area contributed by atoms with Gasteiger partial charge in [-0.3, -0.25) is 0 Å². The fourth-order valence-electron chi connectivity index (χ4n) is 4.09. The molecule has 0 amide bonds. The standard InChI is InChI=1S/C25H25N2S/c1-15(2)13-23-17(4)19-11-12-27(6)24(25(19)28-23)21-14-22(26-5)20-10-8-7-9-18(20)16(21)3/h7-12,14-15H,13H2,1-4,6H3/q+1. The summed E-state index contributed by atoms with van der Waals surface area (Å²) < 4.78 is 3.54. The second kappa shape index (κ2) is 7.04. The normalized spacial score (nSPS) is 11.5. The zero-order chi connectivity index (χ0) is 20.0. The average Bonchev–Trinajstić information content (AvgIpc) is 2.98. The molecule has 4 aromatic rings. The van der Waals surface area contributed by atoms with Crippen LogP contribution in [0, 0.1) is 26.3 Å². The SMILES string of the molecule is [C-]#[N+]c1cc(-c2c3sc(CC(C)C)c(C)c3cc[n+]2C)c(C)c2ccccc12. The fraction of sp³-hybridized carbons (Fsp3) is 0.280. The number of aromatic nitrogens is 1. The van der Waals surface area contributed by atoms with Gasteiger partial charge >= 0.3 is 0 Å². The van der Waals surface area contributed by atoms with Gasteiger partial charge in [-0.2, -0.15) is 4.57 Å². The van der Waals surface area contributed by atoms with E-state index in [0.717, 1.165) is 23.1 Å². The summed E-state index contributed by atoms with van der Waals surface area (Å²) in [6.45, 7) is 16.7. The highest BCUT2D eigenvalue weighted by Gasteiger charge is 2.23. The molecule has 0 fully saturated rings. The van der Waals surface area contributed by atoms with E-state index in [0.29, 0.717) is 5.92 Å². The number of thiophene rings is 1. The lowest BCUT2D eigenvalue weighted by Gasteiger charge is -2.11. The molecule has 140 valence electrons. The number of hydrogen-bond acceptors (Lipinski definition) is 1. The van der Waals surface area contributed by atoms with Crippen LogP contribution in [0.25, 0.3) is 37.0 Å². The topological polar surface area (TPSA) is 8.24 Å². The van der Waals surface area contributed by atoms with Gasteiger partial charge < -0.3 is 0 Å². The van der Waals surface area contributed by atoms with Crippen LogP contribution in [0.3, 0.4) is 0 Å². The van der Waals surface area contributed by atoms with Crippen molar-refractivity contribution in [1.82, 2.24) is 0 Å². The van der Waals surface area contributed by atoms with Crippen molar-refractivity contribution in [2.45, 2.75) is 34.1 Å². The van der Waals surface area contributed by atoms with Crippen LogP contribution >= 0.6 is 11.3 Å². The molecule has 2 nitrogen and oxygen atoms in total. The highest BCUT2D eigenvalue weighted by molar-refractivity contribution is 7.19. The molecule has 0 aliphatic rings. The molecule has 3 heteroatoms. The van der Waals surface area contributed by atoms with Crippen LogP contribution in [0.4, 0.5) is 5.69 Å². The highest BCUT2D eigenvalue weighted by atomic mass is 32.1. The van der Waals surface area contributed by atoms with Gasteiger partial charge in [0.1, 0.15) is 11.7 Å². The molecule has 2 aromatic heterocycles. The van der Waals surface area contributed by atoms with E-state index < -0.39 is 0 Å². The molecule has 2 aromatic carbocycles. The number of pyridine rings is 1. The van der Waals surface area contributed by atoms with Gasteiger partial charge in [-0.25, -0.2) is 4.85 Å². The summed E-state index contributed by atoms with van der Waals surface area (Å²) in [7, 11) is 2.11. The average molecular weight is 386 g/mol. The summed E-state index contributed by atoms with van der Waals surface area (Å²) in [5.74, 6) is 0.639. The Hall–Kier alpha value is -2.70. The minimum atomic E-state index is 0.639. The smallest absolute Gasteiger partial charge is 0.229 e. The monoisotopic (exact) mass is 385 g/mol. The molecule has 2 heterocycles. The Morgan fingerprint density at radius 2 is 1.75 bits per heavy atom. The second-order valence-electron chi connectivity index (χ2n) is 7.99. The van der Waals surface area contributed by atoms with Crippen molar-refractivity contribution in [3.63, 3.8) is 0 Å². The predicted octanol–water partition coefficient (Wildman–Crippen LogP) is 6.91. The summed E-state index contributed by atoms with van der Waals surface area (Å²) in [5, 5.41) is 3.54. The zero-order valence-corrected chi connectivity index (χ0v) is 17.9. The predicted molar refractivity (Wildman–Crippen MR) is 120 cm³/mol. The lowest BCUT2D eigenvalue weighted by atomic mass is 9.95. The number of nitrogens with zero attached hydrogens (tertiary/aromatic N) is 2. The van der Waals surface area contributed by atoms with Crippen molar-refractivity contribution in [1.29, 1.82) is 0 Å². The van der Waals surface area contributed by atoms with E-state index in [1.54, 1.807) is 0 Å². The molecule has 0 spiro atoms. The van der Waals surface area contributed by atoms with Gasteiger partial charge in [-0.1, -0.05) is 38.1 Å². The first kappa shape index (κ1) is 18.7. The number of fused-ring (bicyclic) bond motifs is 2. The highest BCUT2D eigenvalue weighted by Crippen LogP contribution is 2.41. The van der Waals surface area contributed by atoms with Crippen LogP contribution in [-0.4, -0.2) is 0 Å². The summed E-state index contributed by atoms with van der Waals surface area (Å²) in [4.78, 5) is 5.32. The van der Waals surface area contributed by atoms with Crippen molar-refractivity contribution in [3.8, 4) is 11.3 Å². The molecule has 0 atom stereocenters. The molecule has 0 saturated carbocycles. The van der Waals surface area contributed by atoms with E-state index in [2.05, 4.69) is 80.7 Å². The summed E-state index contributed by atoms with van der Waals surface area (Å²) in [5.41, 5.74) is 5.75. The Labute approximate surface area is 170 Å². The first-order valence-electron chi connectivity index (χ1n) is 9.73. The summed E-state index contributed by atoms with van der Waals surface area (Å²) >= 11 is 1.92. The molecular weight excluding hydrogens is 360 g/mol. The van der Waals surface area contributed by atoms with E-state index in [4.69, 9.17) is 6.57 Å². The third kappa shape index (κ3) is 2.89. The van der Waals surface area contributed by atoms with Gasteiger partial charge in [0.2, 0.25) is 5.69 Å². The second-order valence-corrected chi connectivity index (χ2v) is 9.10. The fourth-order valence-corrected chi connectivity index (χ4v) is 5.70. The van der Waals surface area contributed by atoms with Crippen molar-refractivity contribution in [2.24, 2.45) is 13.0 Å². The lowest BCUT2D eigenvalue weighted by molar-refractivity contribution is -0.659. The third-order valence-corrected chi connectivity index (χ3v) is 6.92. The van der Waals surface area contributed by atoms with E-state index in [-0.39, 0.29) is 0 Å². The van der Waals surface area contributed by atoms with Gasteiger partial charge in [-0.15, -0.1) is 11.3 Å². The van der Waals surface area contributed by atoms with Crippen LogP contribution in [0.5, 0.6) is 0 Å². The van der Waals surface area contributed by atoms with Gasteiger partial charge in [0.15, 0.2) is 11.9 Å². The molecule has 28 heavy (non-hydrogen) atoms. The van der Waals surface area contributed by atoms with Crippen LogP contribution in [-0.2, 0) is 13.5 Å². The maximum atomic E-state index is 7.71. The Morgan fingerprint density at radius 3 is 2.43 bits per heavy atom. The van der Waals surface area contributed by atoms with E-state index in [1.807, 2.05) is 17.4 Å². The molecule has 0 unspecified atom stereocenters. The molecule has 0 saturated heterocycles. The van der Waals surface area contributed by atoms with Crippen molar-refractivity contribution < 1.29 is 4.57 Å². The number of aryl methyl sites for hydroxylation is 3. The first-order valence-corrected chi connectivity index (χ1v) is 10.5. The van der Waals surface area contributed by atoms with Crippen LogP contribution < -0.4 is 4.57 Å². The number of hydrogen-bond donors (Lipinski definition) is 0. The molecule has 0 aliphatic carbocycles. The Bertz CT molecular complexity index is 1260. The van der Waals surface area contributed by atoms with Gasteiger partial charge in [0.25, 0.3) is 0 Å². The molecule has 4 rings (SSSR count). The minimum absolute atomic E-state index is 0.639. The van der Waals surface area contributed by atoms with Crippen molar-refractivity contribution in [3.05, 3.63) is 70.0 Å². The van der Waals surface area contributed by atoms with Gasteiger partial charge in [0, 0.05) is 21.9 Å². The van der Waals surface area contributed by atoms with Crippen LogP contribution in [0.1, 0.15) is 29.9 Å². The first-order chi connectivity index (χ1) is 13.4. The molecular formula is C25H25N2S+. The summed E-state index contributed by atoms with van der Waals surface area (Å²) in [6.07, 6.45) is 3.26. The van der Waals surface area contributed by atoms with Crippen LogP contribution in [0.2, 0.25) is 0 Å². The molecule has 0 aliphatic heterocycles. The number of rotatable bonds is 3. The van der Waals surface area contributed by atoms with E-state index in [1.165, 1.54) is 37.2 Å². The third-order valence-electron chi connectivity index (χ3n) is 5.59. The largest absolute Gasteiger partial charge is 0.237 e. The van der Waals surface area contributed by atoms with Crippen molar-refractivity contribution >= 4 is 37.9 Å². The van der Waals surface area contributed by atoms with Crippen molar-refractivity contribution in [2.75, 3.05) is 0 Å². The van der Waals surface area contributed by atoms with E-state index in [9.17, 15) is 0 Å². The molecule has 0 bridgehead atoms. The van der Waals surface area contributed by atoms with Crippen LogP contribution in [0.15, 0.2) is 42.6 Å². The maximum Gasteiger partial charge on any atom is 0.229 e. The summed E-state index contributed by atoms with van der Waals surface area (Å²) in [6, 6.07) is 12.6. The lowest BCUT2D eigenvalue weighted by Crippen LogP contribution is -2.30. The quantitative estimate of drug-likeness (QED) is 0.267. The molecule has 0 N–H and O–H groups in total. The molecule has 0 radical (unpaired) electrons. The maximum absolute atomic E-state index is 7.71. The zero-order valence-electron chi connectivity index (χ0n) is 17.1. The van der Waals surface area contributed by atoms with E-state index >= 15 is 0 Å². The van der Waals surface area contributed by atoms with Gasteiger partial charge in [0.05, 0.1) is 6.57 Å². The minimum Gasteiger partial charge on any atom is -0.237 e.